The summed E-state index contributed by atoms with van der Waals surface area (Å²) in [6.07, 6.45) is 6.70. The van der Waals surface area contributed by atoms with Crippen molar-refractivity contribution in [3.05, 3.63) is 0 Å². The standard InChI is InChI=1S/C14H26N2O4S/c1-14(20-9-12(17)18)10-16(11-14)13(19)15-7-5-3-4-6-8-21-2/h3-11H2,1-2H3,(H,15,19)(H,17,18). The molecule has 0 aromatic rings. The van der Waals surface area contributed by atoms with E-state index in [1.807, 2.05) is 18.7 Å². The van der Waals surface area contributed by atoms with Crippen molar-refractivity contribution < 1.29 is 19.4 Å². The topological polar surface area (TPSA) is 78.9 Å². The fourth-order valence-corrected chi connectivity index (χ4v) is 2.76. The molecule has 0 atom stereocenters. The molecule has 1 rings (SSSR count). The number of carboxylic acids is 1. The van der Waals surface area contributed by atoms with Crippen LogP contribution in [0.4, 0.5) is 4.79 Å². The van der Waals surface area contributed by atoms with Gasteiger partial charge in [-0.05, 0) is 31.8 Å². The van der Waals surface area contributed by atoms with Gasteiger partial charge in [-0.1, -0.05) is 12.8 Å². The average Bonchev–Trinajstić information content (AvgIpc) is 2.41. The number of ether oxygens (including phenoxy) is 1. The van der Waals surface area contributed by atoms with Crippen LogP contribution in [0.2, 0.25) is 0 Å². The molecular formula is C14H26N2O4S. The zero-order chi connectivity index (χ0) is 15.7. The van der Waals surface area contributed by atoms with Crippen LogP contribution in [0.25, 0.3) is 0 Å². The van der Waals surface area contributed by atoms with Gasteiger partial charge in [-0.15, -0.1) is 0 Å². The number of carboxylic acid groups (broad SMARTS) is 1. The van der Waals surface area contributed by atoms with E-state index < -0.39 is 11.6 Å². The molecule has 0 spiro atoms. The first kappa shape index (κ1) is 18.1. The molecule has 1 aliphatic rings. The molecule has 7 heteroatoms. The number of carbonyl (C=O) groups is 2. The Hall–Kier alpha value is -0.950. The number of unbranched alkanes of at least 4 members (excludes halogenated alkanes) is 3. The van der Waals surface area contributed by atoms with Crippen LogP contribution in [0, 0.1) is 0 Å². The Morgan fingerprint density at radius 1 is 1.29 bits per heavy atom. The van der Waals surface area contributed by atoms with Crippen LogP contribution in [0.3, 0.4) is 0 Å². The second kappa shape index (κ2) is 9.15. The van der Waals surface area contributed by atoms with Gasteiger partial charge >= 0.3 is 12.0 Å². The van der Waals surface area contributed by atoms with E-state index in [-0.39, 0.29) is 12.6 Å². The van der Waals surface area contributed by atoms with Gasteiger partial charge < -0.3 is 20.1 Å². The van der Waals surface area contributed by atoms with Gasteiger partial charge in [0.15, 0.2) is 0 Å². The van der Waals surface area contributed by atoms with Crippen molar-refractivity contribution in [2.75, 3.05) is 38.2 Å². The number of rotatable bonds is 10. The number of carbonyl (C=O) groups excluding carboxylic acids is 1. The molecule has 1 saturated heterocycles. The molecule has 1 fully saturated rings. The lowest BCUT2D eigenvalue weighted by molar-refractivity contribution is -0.159. The molecule has 2 N–H and O–H groups in total. The summed E-state index contributed by atoms with van der Waals surface area (Å²) >= 11 is 1.87. The number of nitrogens with one attached hydrogen (secondary N) is 1. The lowest BCUT2D eigenvalue weighted by Crippen LogP contribution is -2.65. The molecular weight excluding hydrogens is 292 g/mol. The highest BCUT2D eigenvalue weighted by Crippen LogP contribution is 2.24. The summed E-state index contributed by atoms with van der Waals surface area (Å²) in [6.45, 7) is 3.09. The Morgan fingerprint density at radius 3 is 2.57 bits per heavy atom. The summed E-state index contributed by atoms with van der Waals surface area (Å²) in [4.78, 5) is 23.9. The van der Waals surface area contributed by atoms with Crippen molar-refractivity contribution in [3.8, 4) is 0 Å². The Balaban J connectivity index is 2.03. The van der Waals surface area contributed by atoms with Gasteiger partial charge in [0.2, 0.25) is 0 Å². The number of thioether (sulfide) groups is 1. The number of amides is 2. The minimum atomic E-state index is -0.986. The Morgan fingerprint density at radius 2 is 1.95 bits per heavy atom. The first-order chi connectivity index (χ1) is 9.97. The SMILES string of the molecule is CSCCCCCCNC(=O)N1CC(C)(OCC(=O)O)C1. The van der Waals surface area contributed by atoms with Crippen molar-refractivity contribution >= 4 is 23.8 Å². The van der Waals surface area contributed by atoms with Crippen LogP contribution >= 0.6 is 11.8 Å². The van der Waals surface area contributed by atoms with E-state index in [1.54, 1.807) is 4.90 Å². The summed E-state index contributed by atoms with van der Waals surface area (Å²) in [6, 6.07) is -0.0875. The second-order valence-corrected chi connectivity index (χ2v) is 6.61. The van der Waals surface area contributed by atoms with Crippen LogP contribution in [0.1, 0.15) is 32.6 Å². The van der Waals surface area contributed by atoms with Crippen LogP contribution in [-0.2, 0) is 9.53 Å². The molecule has 0 saturated carbocycles. The molecule has 6 nitrogen and oxygen atoms in total. The van der Waals surface area contributed by atoms with Crippen molar-refractivity contribution in [3.63, 3.8) is 0 Å². The molecule has 1 aliphatic heterocycles. The maximum atomic E-state index is 11.8. The Bertz CT molecular complexity index is 346. The van der Waals surface area contributed by atoms with Crippen LogP contribution in [0.15, 0.2) is 0 Å². The smallest absolute Gasteiger partial charge is 0.329 e. The molecule has 21 heavy (non-hydrogen) atoms. The molecule has 2 amide bonds. The van der Waals surface area contributed by atoms with Gasteiger partial charge in [-0.25, -0.2) is 9.59 Å². The molecule has 122 valence electrons. The predicted molar refractivity (Wildman–Crippen MR) is 83.8 cm³/mol. The number of likely N-dealkylation sites (tertiary alicyclic amines) is 1. The summed E-state index contributed by atoms with van der Waals surface area (Å²) in [5, 5.41) is 11.5. The first-order valence-electron chi connectivity index (χ1n) is 7.34. The molecule has 0 aromatic heterocycles. The molecule has 0 aliphatic carbocycles. The lowest BCUT2D eigenvalue weighted by atomic mass is 9.97. The third-order valence-electron chi connectivity index (χ3n) is 3.43. The zero-order valence-electron chi connectivity index (χ0n) is 12.9. The van der Waals surface area contributed by atoms with E-state index in [1.165, 1.54) is 18.6 Å². The third-order valence-corrected chi connectivity index (χ3v) is 4.13. The summed E-state index contributed by atoms with van der Waals surface area (Å²) in [5.41, 5.74) is -0.520. The van der Waals surface area contributed by atoms with E-state index in [0.29, 0.717) is 19.6 Å². The highest BCUT2D eigenvalue weighted by atomic mass is 32.2. The molecule has 0 bridgehead atoms. The van der Waals surface area contributed by atoms with Crippen molar-refractivity contribution in [2.45, 2.75) is 38.2 Å². The van der Waals surface area contributed by atoms with E-state index in [4.69, 9.17) is 9.84 Å². The van der Waals surface area contributed by atoms with E-state index in [0.717, 1.165) is 12.8 Å². The summed E-state index contributed by atoms with van der Waals surface area (Å²) in [5.74, 6) is 0.218. The van der Waals surface area contributed by atoms with Crippen molar-refractivity contribution in [1.29, 1.82) is 0 Å². The average molecular weight is 318 g/mol. The molecule has 0 radical (unpaired) electrons. The van der Waals surface area contributed by atoms with Gasteiger partial charge in [0.25, 0.3) is 0 Å². The number of nitrogens with zero attached hydrogens (tertiary/aromatic N) is 1. The van der Waals surface area contributed by atoms with E-state index in [2.05, 4.69) is 11.6 Å². The van der Waals surface area contributed by atoms with Gasteiger partial charge in [0.05, 0.1) is 13.1 Å². The zero-order valence-corrected chi connectivity index (χ0v) is 13.7. The molecule has 1 heterocycles. The van der Waals surface area contributed by atoms with Gasteiger partial charge in [-0.3, -0.25) is 0 Å². The quantitative estimate of drug-likeness (QED) is 0.600. The Labute approximate surface area is 130 Å². The fourth-order valence-electron chi connectivity index (χ4n) is 2.26. The normalized spacial score (nSPS) is 16.4. The first-order valence-corrected chi connectivity index (χ1v) is 8.74. The predicted octanol–water partition coefficient (Wildman–Crippen LogP) is 1.79. The highest BCUT2D eigenvalue weighted by Gasteiger charge is 2.42. The number of hydrogen-bond donors (Lipinski definition) is 2. The van der Waals surface area contributed by atoms with Gasteiger partial charge in [-0.2, -0.15) is 11.8 Å². The number of aliphatic carboxylic acids is 1. The second-order valence-electron chi connectivity index (χ2n) is 5.63. The van der Waals surface area contributed by atoms with Gasteiger partial charge in [0, 0.05) is 6.54 Å². The molecule has 0 aromatic carbocycles. The summed E-state index contributed by atoms with van der Waals surface area (Å²) < 4.78 is 5.26. The van der Waals surface area contributed by atoms with Crippen LogP contribution < -0.4 is 5.32 Å². The third kappa shape index (κ3) is 7.04. The van der Waals surface area contributed by atoms with E-state index in [9.17, 15) is 9.59 Å². The van der Waals surface area contributed by atoms with Crippen molar-refractivity contribution in [1.82, 2.24) is 10.2 Å². The largest absolute Gasteiger partial charge is 0.480 e. The minimum Gasteiger partial charge on any atom is -0.480 e. The molecule has 0 unspecified atom stereocenters. The van der Waals surface area contributed by atoms with Crippen molar-refractivity contribution in [2.24, 2.45) is 0 Å². The van der Waals surface area contributed by atoms with E-state index >= 15 is 0 Å². The fraction of sp³-hybridized carbons (Fsp3) is 0.857. The summed E-state index contributed by atoms with van der Waals surface area (Å²) in [7, 11) is 0. The maximum Gasteiger partial charge on any atom is 0.329 e. The number of hydrogen-bond acceptors (Lipinski definition) is 4. The maximum absolute atomic E-state index is 11.8. The highest BCUT2D eigenvalue weighted by molar-refractivity contribution is 7.98. The van der Waals surface area contributed by atoms with Crippen LogP contribution in [-0.4, -0.2) is 65.9 Å². The minimum absolute atomic E-state index is 0.0875. The number of urea groups is 1. The van der Waals surface area contributed by atoms with Crippen LogP contribution in [0.5, 0.6) is 0 Å². The Kier molecular flexibility index (Phi) is 7.88. The van der Waals surface area contributed by atoms with Gasteiger partial charge in [0.1, 0.15) is 12.2 Å². The lowest BCUT2D eigenvalue weighted by Gasteiger charge is -2.46. The monoisotopic (exact) mass is 318 g/mol.